The number of aryl methyl sites for hydroxylation is 1. The number of benzene rings is 2. The summed E-state index contributed by atoms with van der Waals surface area (Å²) < 4.78 is 35.6. The fourth-order valence-corrected chi connectivity index (χ4v) is 6.11. The number of fused-ring (bicyclic) bond motifs is 3. The van der Waals surface area contributed by atoms with E-state index in [4.69, 9.17) is 4.74 Å². The maximum absolute atomic E-state index is 15.4. The van der Waals surface area contributed by atoms with Crippen LogP contribution in [0.1, 0.15) is 61.7 Å². The van der Waals surface area contributed by atoms with Gasteiger partial charge in [-0.25, -0.2) is 9.78 Å². The number of nitrogens with one attached hydrogen (secondary N) is 2. The molecule has 0 radical (unpaired) electrons. The summed E-state index contributed by atoms with van der Waals surface area (Å²) in [7, 11) is 1.27. The molecule has 2 aliphatic carbocycles. The van der Waals surface area contributed by atoms with Crippen molar-refractivity contribution in [1.29, 1.82) is 0 Å². The van der Waals surface area contributed by atoms with Crippen molar-refractivity contribution >= 4 is 12.0 Å². The Labute approximate surface area is 226 Å². The molecule has 7 nitrogen and oxygen atoms in total. The molecule has 204 valence electrons. The van der Waals surface area contributed by atoms with Crippen molar-refractivity contribution in [2.75, 3.05) is 13.7 Å². The molecule has 2 N–H and O–H groups in total. The minimum Gasteiger partial charge on any atom is -0.453 e. The molecular formula is C30H32F2N4O3. The molecule has 1 aromatic heterocycles. The predicted molar refractivity (Wildman–Crippen MR) is 142 cm³/mol. The first-order valence-corrected chi connectivity index (χ1v) is 13.4. The summed E-state index contributed by atoms with van der Waals surface area (Å²) in [5.41, 5.74) is 3.22. The van der Waals surface area contributed by atoms with Gasteiger partial charge in [0.25, 0.3) is 5.92 Å². The molecule has 39 heavy (non-hydrogen) atoms. The van der Waals surface area contributed by atoms with Crippen molar-refractivity contribution in [3.05, 3.63) is 65.1 Å². The Hall–Kier alpha value is -3.75. The van der Waals surface area contributed by atoms with E-state index >= 15 is 8.78 Å². The van der Waals surface area contributed by atoms with E-state index in [1.165, 1.54) is 13.2 Å². The van der Waals surface area contributed by atoms with Gasteiger partial charge in [-0.3, -0.25) is 4.79 Å². The molecule has 0 bridgehead atoms. The second-order valence-electron chi connectivity index (χ2n) is 11.6. The van der Waals surface area contributed by atoms with Gasteiger partial charge in [-0.2, -0.15) is 8.78 Å². The number of aromatic nitrogens is 2. The Morgan fingerprint density at radius 2 is 1.82 bits per heavy atom. The Balaban J connectivity index is 1.30. The third kappa shape index (κ3) is 4.19. The summed E-state index contributed by atoms with van der Waals surface area (Å²) in [5.74, 6) is -2.77. The number of H-pyrrole nitrogens is 1. The number of hydrogen-bond donors (Lipinski definition) is 2. The number of halogens is 2. The summed E-state index contributed by atoms with van der Waals surface area (Å²) in [6.07, 6.45) is 3.85. The number of alkyl halides is 2. The second kappa shape index (κ2) is 8.89. The third-order valence-electron chi connectivity index (χ3n) is 8.52. The number of ether oxygens (including phenoxy) is 1. The standard InChI is InChI=1S/C30H32F2N4O3/c1-16(2)25(35-28(38)39-4)27(37)36-15-29(9-10-29)13-24(36)26-33-14-23(34-26)18-6-8-20-19-7-5-17(3)11-21(19)30(31,32)22(20)12-18/h5-8,11-12,14,16,24-25H,9-10,13,15H2,1-4H3,(H,33,34)(H,35,38)/t24-,25-/m0/s1. The van der Waals surface area contributed by atoms with E-state index in [2.05, 4.69) is 15.3 Å². The smallest absolute Gasteiger partial charge is 0.407 e. The topological polar surface area (TPSA) is 87.3 Å². The van der Waals surface area contributed by atoms with Crippen LogP contribution >= 0.6 is 0 Å². The second-order valence-corrected chi connectivity index (χ2v) is 11.6. The van der Waals surface area contributed by atoms with Crippen LogP contribution in [0.4, 0.5) is 13.6 Å². The molecular weight excluding hydrogens is 502 g/mol. The van der Waals surface area contributed by atoms with Crippen LogP contribution in [0.25, 0.3) is 22.4 Å². The molecule has 2 amide bonds. The number of carbonyl (C=O) groups excluding carboxylic acids is 2. The molecule has 2 atom stereocenters. The van der Waals surface area contributed by atoms with E-state index < -0.39 is 18.1 Å². The largest absolute Gasteiger partial charge is 0.453 e. The Bertz CT molecular complexity index is 1480. The van der Waals surface area contributed by atoms with Crippen LogP contribution in [0.15, 0.2) is 42.6 Å². The molecule has 3 aliphatic rings. The highest BCUT2D eigenvalue weighted by Crippen LogP contribution is 2.58. The maximum Gasteiger partial charge on any atom is 0.407 e. The van der Waals surface area contributed by atoms with Crippen molar-refractivity contribution in [2.24, 2.45) is 11.3 Å². The van der Waals surface area contributed by atoms with Crippen LogP contribution in [0.3, 0.4) is 0 Å². The van der Waals surface area contributed by atoms with Crippen LogP contribution in [0.2, 0.25) is 0 Å². The van der Waals surface area contributed by atoms with Gasteiger partial charge in [0.1, 0.15) is 11.9 Å². The van der Waals surface area contributed by atoms with Gasteiger partial charge >= 0.3 is 6.09 Å². The summed E-state index contributed by atoms with van der Waals surface area (Å²) in [6, 6.07) is 9.26. The molecule has 9 heteroatoms. The minimum absolute atomic E-state index is 0.0139. The fraction of sp³-hybridized carbons (Fsp3) is 0.433. The third-order valence-corrected chi connectivity index (χ3v) is 8.52. The van der Waals surface area contributed by atoms with Gasteiger partial charge in [-0.1, -0.05) is 43.7 Å². The van der Waals surface area contributed by atoms with Crippen LogP contribution in [0, 0.1) is 18.3 Å². The summed E-state index contributed by atoms with van der Waals surface area (Å²) in [4.78, 5) is 35.4. The quantitative estimate of drug-likeness (QED) is 0.424. The highest BCUT2D eigenvalue weighted by atomic mass is 19.3. The van der Waals surface area contributed by atoms with Gasteiger partial charge < -0.3 is 19.9 Å². The van der Waals surface area contributed by atoms with Gasteiger partial charge in [0.2, 0.25) is 5.91 Å². The van der Waals surface area contributed by atoms with Gasteiger partial charge in [-0.05, 0) is 60.8 Å². The van der Waals surface area contributed by atoms with Crippen LogP contribution in [0.5, 0.6) is 0 Å². The van der Waals surface area contributed by atoms with Gasteiger partial charge in [0.05, 0.1) is 25.0 Å². The lowest BCUT2D eigenvalue weighted by Gasteiger charge is -2.30. The average Bonchev–Trinajstić information content (AvgIpc) is 3.23. The fourth-order valence-electron chi connectivity index (χ4n) is 6.11. The summed E-state index contributed by atoms with van der Waals surface area (Å²) in [6.45, 7) is 6.17. The normalized spacial score (nSPS) is 20.6. The molecule has 2 heterocycles. The number of imidazole rings is 1. The number of likely N-dealkylation sites (tertiary alicyclic amines) is 1. The molecule has 1 saturated carbocycles. The predicted octanol–water partition coefficient (Wildman–Crippen LogP) is 5.94. The molecule has 3 aromatic rings. The van der Waals surface area contributed by atoms with Crippen molar-refractivity contribution in [2.45, 2.75) is 58.0 Å². The Morgan fingerprint density at radius 1 is 1.13 bits per heavy atom. The zero-order chi connectivity index (χ0) is 27.7. The number of nitrogens with zero attached hydrogens (tertiary/aromatic N) is 2. The van der Waals surface area contributed by atoms with Gasteiger partial charge in [-0.15, -0.1) is 0 Å². The maximum atomic E-state index is 15.4. The van der Waals surface area contributed by atoms with Crippen molar-refractivity contribution in [1.82, 2.24) is 20.2 Å². The van der Waals surface area contributed by atoms with Gasteiger partial charge in [0, 0.05) is 23.2 Å². The number of rotatable bonds is 5. The first-order chi connectivity index (χ1) is 18.5. The van der Waals surface area contributed by atoms with Crippen LogP contribution < -0.4 is 5.32 Å². The molecule has 1 saturated heterocycles. The summed E-state index contributed by atoms with van der Waals surface area (Å²) >= 11 is 0. The van der Waals surface area contributed by atoms with Crippen molar-refractivity contribution in [3.8, 4) is 22.4 Å². The van der Waals surface area contributed by atoms with Gasteiger partial charge in [0.15, 0.2) is 0 Å². The number of hydrogen-bond acceptors (Lipinski definition) is 4. The van der Waals surface area contributed by atoms with E-state index in [0.29, 0.717) is 34.8 Å². The molecule has 2 fully saturated rings. The number of aromatic amines is 1. The Morgan fingerprint density at radius 3 is 2.49 bits per heavy atom. The molecule has 6 rings (SSSR count). The lowest BCUT2D eigenvalue weighted by molar-refractivity contribution is -0.135. The number of carbonyl (C=O) groups is 2. The lowest BCUT2D eigenvalue weighted by atomic mass is 10.0. The van der Waals surface area contributed by atoms with Crippen molar-refractivity contribution < 1.29 is 23.1 Å². The molecule has 0 unspecified atom stereocenters. The monoisotopic (exact) mass is 534 g/mol. The lowest BCUT2D eigenvalue weighted by Crippen LogP contribution is -2.51. The van der Waals surface area contributed by atoms with Crippen LogP contribution in [-0.2, 0) is 15.5 Å². The van der Waals surface area contributed by atoms with Crippen LogP contribution in [-0.4, -0.2) is 46.6 Å². The molecule has 1 spiro atoms. The van der Waals surface area contributed by atoms with Crippen molar-refractivity contribution in [3.63, 3.8) is 0 Å². The first-order valence-electron chi connectivity index (χ1n) is 13.4. The SMILES string of the molecule is COC(=O)N[C@H](C(=O)N1CC2(CC2)C[C@H]1c1ncc(-c2ccc3c(c2)C(F)(F)c2cc(C)ccc2-3)[nH]1)C(C)C. The number of amides is 2. The van der Waals surface area contributed by atoms with E-state index in [9.17, 15) is 9.59 Å². The van der Waals surface area contributed by atoms with E-state index in [-0.39, 0.29) is 34.4 Å². The Kier molecular flexibility index (Phi) is 5.82. The molecule has 2 aromatic carbocycles. The average molecular weight is 535 g/mol. The highest BCUT2D eigenvalue weighted by molar-refractivity contribution is 5.87. The van der Waals surface area contributed by atoms with E-state index in [0.717, 1.165) is 24.8 Å². The zero-order valence-electron chi connectivity index (χ0n) is 22.5. The highest BCUT2D eigenvalue weighted by Gasteiger charge is 2.55. The molecule has 1 aliphatic heterocycles. The first kappa shape index (κ1) is 25.5. The number of alkyl carbamates (subject to hydrolysis) is 1. The zero-order valence-corrected chi connectivity index (χ0v) is 22.5. The summed E-state index contributed by atoms with van der Waals surface area (Å²) in [5, 5.41) is 2.68. The minimum atomic E-state index is -3.08. The van der Waals surface area contributed by atoms with E-state index in [1.54, 1.807) is 24.4 Å². The number of methoxy groups -OCH3 is 1. The van der Waals surface area contributed by atoms with E-state index in [1.807, 2.05) is 37.8 Å².